The molecule has 1 aliphatic carbocycles. The molecule has 0 amide bonds. The van der Waals surface area contributed by atoms with E-state index in [2.05, 4.69) is 27.7 Å². The molecule has 1 saturated carbocycles. The Morgan fingerprint density at radius 2 is 1.93 bits per heavy atom. The Hall–Kier alpha value is -0.0400. The van der Waals surface area contributed by atoms with Gasteiger partial charge in [-0.2, -0.15) is 0 Å². The van der Waals surface area contributed by atoms with Crippen LogP contribution in [0.15, 0.2) is 0 Å². The maximum absolute atomic E-state index is 6.24. The van der Waals surface area contributed by atoms with Crippen molar-refractivity contribution in [3.05, 3.63) is 0 Å². The molecule has 4 atom stereocenters. The molecule has 88 valence electrons. The van der Waals surface area contributed by atoms with Crippen molar-refractivity contribution in [3.8, 4) is 0 Å². The summed E-state index contributed by atoms with van der Waals surface area (Å²) >= 11 is 0. The number of hydrogen-bond donors (Lipinski definition) is 0. The van der Waals surface area contributed by atoms with Gasteiger partial charge in [-0.1, -0.05) is 40.5 Å². The zero-order chi connectivity index (χ0) is 11.1. The van der Waals surface area contributed by atoms with E-state index in [1.807, 2.05) is 0 Å². The van der Waals surface area contributed by atoms with E-state index in [4.69, 9.17) is 4.74 Å². The lowest BCUT2D eigenvalue weighted by atomic mass is 9.67. The van der Waals surface area contributed by atoms with Gasteiger partial charge >= 0.3 is 0 Å². The van der Waals surface area contributed by atoms with Gasteiger partial charge in [-0.3, -0.25) is 0 Å². The normalized spacial score (nSPS) is 40.8. The molecule has 2 aliphatic rings. The summed E-state index contributed by atoms with van der Waals surface area (Å²) in [5, 5.41) is 0. The minimum Gasteiger partial charge on any atom is -0.374 e. The molecule has 0 aromatic rings. The van der Waals surface area contributed by atoms with Crippen molar-refractivity contribution in [3.63, 3.8) is 0 Å². The van der Waals surface area contributed by atoms with Crippen LogP contribution in [0, 0.1) is 17.3 Å². The molecule has 0 radical (unpaired) electrons. The van der Waals surface area contributed by atoms with E-state index in [1.165, 1.54) is 32.1 Å². The molecule has 1 aliphatic heterocycles. The molecular weight excluding hydrogens is 184 g/mol. The second-order valence-corrected chi connectivity index (χ2v) is 6.08. The van der Waals surface area contributed by atoms with E-state index in [0.29, 0.717) is 17.6 Å². The van der Waals surface area contributed by atoms with Crippen LogP contribution >= 0.6 is 0 Å². The minimum atomic E-state index is 0.463. The minimum absolute atomic E-state index is 0.463. The maximum atomic E-state index is 6.24. The lowest BCUT2D eigenvalue weighted by molar-refractivity contribution is 0.0108. The number of rotatable bonds is 3. The van der Waals surface area contributed by atoms with Gasteiger partial charge in [0.15, 0.2) is 0 Å². The van der Waals surface area contributed by atoms with Crippen LogP contribution in [-0.2, 0) is 4.74 Å². The van der Waals surface area contributed by atoms with Crippen LogP contribution < -0.4 is 0 Å². The second kappa shape index (κ2) is 4.08. The van der Waals surface area contributed by atoms with Gasteiger partial charge < -0.3 is 4.74 Å². The van der Waals surface area contributed by atoms with Gasteiger partial charge in [0.25, 0.3) is 0 Å². The monoisotopic (exact) mass is 210 g/mol. The predicted molar refractivity (Wildman–Crippen MR) is 63.9 cm³/mol. The summed E-state index contributed by atoms with van der Waals surface area (Å²) in [5.74, 6) is 1.67. The Morgan fingerprint density at radius 3 is 2.53 bits per heavy atom. The van der Waals surface area contributed by atoms with Crippen LogP contribution in [0.3, 0.4) is 0 Å². The van der Waals surface area contributed by atoms with E-state index in [-0.39, 0.29) is 0 Å². The first-order valence-corrected chi connectivity index (χ1v) is 6.75. The van der Waals surface area contributed by atoms with E-state index >= 15 is 0 Å². The van der Waals surface area contributed by atoms with Gasteiger partial charge in [-0.15, -0.1) is 0 Å². The predicted octanol–water partition coefficient (Wildman–Crippen LogP) is 4.02. The summed E-state index contributed by atoms with van der Waals surface area (Å²) < 4.78 is 6.24. The van der Waals surface area contributed by atoms with Crippen LogP contribution in [0.25, 0.3) is 0 Å². The lowest BCUT2D eigenvalue weighted by Gasteiger charge is -2.36. The Balaban J connectivity index is 2.18. The van der Waals surface area contributed by atoms with Crippen molar-refractivity contribution in [1.82, 2.24) is 0 Å². The summed E-state index contributed by atoms with van der Waals surface area (Å²) in [7, 11) is 0. The Morgan fingerprint density at radius 1 is 1.20 bits per heavy atom. The molecule has 0 spiro atoms. The molecule has 1 heteroatoms. The first-order valence-electron chi connectivity index (χ1n) is 6.75. The third-order valence-electron chi connectivity index (χ3n) is 4.93. The van der Waals surface area contributed by atoms with Crippen LogP contribution in [0.4, 0.5) is 0 Å². The average molecular weight is 210 g/mol. The highest BCUT2D eigenvalue weighted by atomic mass is 16.5. The molecule has 0 aromatic carbocycles. The quantitative estimate of drug-likeness (QED) is 0.683. The fourth-order valence-corrected chi connectivity index (χ4v) is 3.79. The standard InChI is InChI=1S/C14H26O/c1-5-11-13(14(3,4)6-2)10-8-7-9-12(10)15-11/h10-13H,5-9H2,1-4H3. The van der Waals surface area contributed by atoms with Gasteiger partial charge in [0, 0.05) is 0 Å². The summed E-state index contributed by atoms with van der Waals surface area (Å²) in [6.07, 6.45) is 7.73. The van der Waals surface area contributed by atoms with Crippen LogP contribution in [0.1, 0.15) is 59.8 Å². The van der Waals surface area contributed by atoms with Gasteiger partial charge in [0.05, 0.1) is 12.2 Å². The van der Waals surface area contributed by atoms with Crippen LogP contribution in [0.5, 0.6) is 0 Å². The summed E-state index contributed by atoms with van der Waals surface area (Å²) in [6.45, 7) is 9.48. The van der Waals surface area contributed by atoms with Crippen LogP contribution in [0.2, 0.25) is 0 Å². The van der Waals surface area contributed by atoms with Crippen molar-refractivity contribution in [1.29, 1.82) is 0 Å². The highest BCUT2D eigenvalue weighted by Crippen LogP contribution is 2.52. The zero-order valence-corrected chi connectivity index (χ0v) is 10.8. The maximum Gasteiger partial charge on any atom is 0.0613 e. The lowest BCUT2D eigenvalue weighted by Crippen LogP contribution is -2.34. The number of fused-ring (bicyclic) bond motifs is 1. The fourth-order valence-electron chi connectivity index (χ4n) is 3.79. The topological polar surface area (TPSA) is 9.23 Å². The van der Waals surface area contributed by atoms with Crippen molar-refractivity contribution < 1.29 is 4.74 Å². The smallest absolute Gasteiger partial charge is 0.0613 e. The highest BCUT2D eigenvalue weighted by molar-refractivity contribution is 4.99. The van der Waals surface area contributed by atoms with E-state index < -0.39 is 0 Å². The summed E-state index contributed by atoms with van der Waals surface area (Å²) in [4.78, 5) is 0. The second-order valence-electron chi connectivity index (χ2n) is 6.08. The van der Waals surface area contributed by atoms with Gasteiger partial charge in [0.1, 0.15) is 0 Å². The molecule has 2 rings (SSSR count). The fraction of sp³-hybridized carbons (Fsp3) is 1.00. The first-order chi connectivity index (χ1) is 7.10. The highest BCUT2D eigenvalue weighted by Gasteiger charge is 2.50. The molecule has 1 nitrogen and oxygen atoms in total. The molecule has 0 aromatic heterocycles. The summed E-state index contributed by atoms with van der Waals surface area (Å²) in [5.41, 5.74) is 0.463. The van der Waals surface area contributed by atoms with Crippen molar-refractivity contribution in [2.45, 2.75) is 72.0 Å². The molecule has 1 heterocycles. The van der Waals surface area contributed by atoms with E-state index in [0.717, 1.165) is 11.8 Å². The van der Waals surface area contributed by atoms with Gasteiger partial charge in [-0.25, -0.2) is 0 Å². The van der Waals surface area contributed by atoms with Crippen LogP contribution in [-0.4, -0.2) is 12.2 Å². The number of hydrogen-bond acceptors (Lipinski definition) is 1. The molecule has 2 fully saturated rings. The Labute approximate surface area is 94.6 Å². The third kappa shape index (κ3) is 1.84. The SMILES string of the molecule is CCC1OC2CCCC2C1C(C)(C)CC. The van der Waals surface area contributed by atoms with E-state index in [1.54, 1.807) is 0 Å². The molecule has 0 N–H and O–H groups in total. The Kier molecular flexibility index (Phi) is 3.12. The van der Waals surface area contributed by atoms with Crippen molar-refractivity contribution in [2.75, 3.05) is 0 Å². The zero-order valence-electron chi connectivity index (χ0n) is 10.8. The molecule has 1 saturated heterocycles. The Bertz CT molecular complexity index is 221. The third-order valence-corrected chi connectivity index (χ3v) is 4.93. The largest absolute Gasteiger partial charge is 0.374 e. The van der Waals surface area contributed by atoms with Gasteiger partial charge in [0.2, 0.25) is 0 Å². The average Bonchev–Trinajstić information content (AvgIpc) is 2.75. The van der Waals surface area contributed by atoms with Crippen molar-refractivity contribution in [2.24, 2.45) is 17.3 Å². The molecule has 4 unspecified atom stereocenters. The molecule has 0 bridgehead atoms. The van der Waals surface area contributed by atoms with Crippen molar-refractivity contribution >= 4 is 0 Å². The van der Waals surface area contributed by atoms with Gasteiger partial charge in [-0.05, 0) is 36.5 Å². The molecular formula is C14H26O. The number of ether oxygens (including phenoxy) is 1. The summed E-state index contributed by atoms with van der Waals surface area (Å²) in [6, 6.07) is 0. The van der Waals surface area contributed by atoms with E-state index in [9.17, 15) is 0 Å². The first kappa shape index (κ1) is 11.4. The molecule has 15 heavy (non-hydrogen) atoms.